The summed E-state index contributed by atoms with van der Waals surface area (Å²) < 4.78 is 4.76. The van der Waals surface area contributed by atoms with Gasteiger partial charge >= 0.3 is 5.97 Å². The third-order valence-electron chi connectivity index (χ3n) is 2.84. The highest BCUT2D eigenvalue weighted by Crippen LogP contribution is 2.34. The first kappa shape index (κ1) is 12.1. The zero-order valence-electron chi connectivity index (χ0n) is 9.72. The van der Waals surface area contributed by atoms with Crippen molar-refractivity contribution in [3.05, 3.63) is 22.4 Å². The van der Waals surface area contributed by atoms with E-state index >= 15 is 0 Å². The number of thiophene rings is 1. The molecule has 1 aliphatic rings. The van der Waals surface area contributed by atoms with Crippen LogP contribution in [0.5, 0.6) is 0 Å². The van der Waals surface area contributed by atoms with Crippen LogP contribution in [0.25, 0.3) is 0 Å². The molecule has 1 aliphatic heterocycles. The Morgan fingerprint density at radius 3 is 3.06 bits per heavy atom. The Kier molecular flexibility index (Phi) is 3.78. The number of amides is 1. The molecule has 0 saturated carbocycles. The molecule has 1 atom stereocenters. The summed E-state index contributed by atoms with van der Waals surface area (Å²) in [5.74, 6) is -0.513. The van der Waals surface area contributed by atoms with Crippen molar-refractivity contribution in [2.24, 2.45) is 0 Å². The molecule has 0 unspecified atom stereocenters. The molecule has 0 spiro atoms. The zero-order valence-corrected chi connectivity index (χ0v) is 10.5. The van der Waals surface area contributed by atoms with Gasteiger partial charge in [-0.3, -0.25) is 9.59 Å². The first-order valence-electron chi connectivity index (χ1n) is 5.64. The van der Waals surface area contributed by atoms with Crippen molar-refractivity contribution >= 4 is 23.2 Å². The van der Waals surface area contributed by atoms with Crippen LogP contribution in [-0.2, 0) is 14.3 Å². The highest BCUT2D eigenvalue weighted by molar-refractivity contribution is 7.10. The van der Waals surface area contributed by atoms with E-state index in [4.69, 9.17) is 4.74 Å². The fraction of sp³-hybridized carbons (Fsp3) is 0.500. The van der Waals surface area contributed by atoms with Crippen molar-refractivity contribution < 1.29 is 14.3 Å². The maximum atomic E-state index is 11.9. The molecule has 0 aliphatic carbocycles. The SMILES string of the molecule is CC(=O)OCC(=O)N1CCC[C@H]1c1cccs1. The van der Waals surface area contributed by atoms with E-state index in [0.29, 0.717) is 0 Å². The summed E-state index contributed by atoms with van der Waals surface area (Å²) in [7, 11) is 0. The van der Waals surface area contributed by atoms with E-state index in [-0.39, 0.29) is 18.6 Å². The number of nitrogens with zero attached hydrogens (tertiary/aromatic N) is 1. The predicted molar refractivity (Wildman–Crippen MR) is 64.6 cm³/mol. The molecule has 0 aromatic carbocycles. The van der Waals surface area contributed by atoms with Crippen molar-refractivity contribution in [2.45, 2.75) is 25.8 Å². The van der Waals surface area contributed by atoms with E-state index in [2.05, 4.69) is 0 Å². The van der Waals surface area contributed by atoms with Crippen LogP contribution in [0.1, 0.15) is 30.7 Å². The minimum Gasteiger partial charge on any atom is -0.456 e. The predicted octanol–water partition coefficient (Wildman–Crippen LogP) is 1.97. The Morgan fingerprint density at radius 1 is 1.59 bits per heavy atom. The van der Waals surface area contributed by atoms with Crippen LogP contribution in [0, 0.1) is 0 Å². The average molecular weight is 253 g/mol. The highest BCUT2D eigenvalue weighted by atomic mass is 32.1. The van der Waals surface area contributed by atoms with E-state index in [1.807, 2.05) is 22.4 Å². The van der Waals surface area contributed by atoms with E-state index in [1.54, 1.807) is 11.3 Å². The summed E-state index contributed by atoms with van der Waals surface area (Å²) in [6, 6.07) is 4.21. The topological polar surface area (TPSA) is 46.6 Å². The number of carbonyl (C=O) groups excluding carboxylic acids is 2. The van der Waals surface area contributed by atoms with Crippen LogP contribution in [-0.4, -0.2) is 29.9 Å². The molecule has 1 saturated heterocycles. The molecule has 1 amide bonds. The van der Waals surface area contributed by atoms with Gasteiger partial charge in [-0.05, 0) is 24.3 Å². The summed E-state index contributed by atoms with van der Waals surface area (Å²) in [4.78, 5) is 25.6. The summed E-state index contributed by atoms with van der Waals surface area (Å²) in [5.41, 5.74) is 0. The summed E-state index contributed by atoms with van der Waals surface area (Å²) in [6.45, 7) is 1.92. The van der Waals surface area contributed by atoms with Gasteiger partial charge in [0.15, 0.2) is 6.61 Å². The van der Waals surface area contributed by atoms with Gasteiger partial charge in [-0.1, -0.05) is 6.07 Å². The third kappa shape index (κ3) is 2.85. The second-order valence-electron chi connectivity index (χ2n) is 4.04. The Labute approximate surface area is 104 Å². The Bertz CT molecular complexity index is 402. The van der Waals surface area contributed by atoms with Gasteiger partial charge in [-0.2, -0.15) is 0 Å². The first-order chi connectivity index (χ1) is 8.18. The molecular formula is C12H15NO3S. The van der Waals surface area contributed by atoms with Crippen molar-refractivity contribution in [1.29, 1.82) is 0 Å². The number of hydrogen-bond acceptors (Lipinski definition) is 4. The second-order valence-corrected chi connectivity index (χ2v) is 5.02. The van der Waals surface area contributed by atoms with E-state index < -0.39 is 5.97 Å². The lowest BCUT2D eigenvalue weighted by molar-refractivity contribution is -0.150. The number of rotatable bonds is 3. The zero-order chi connectivity index (χ0) is 12.3. The lowest BCUT2D eigenvalue weighted by Gasteiger charge is -2.23. The van der Waals surface area contributed by atoms with Crippen LogP contribution in [0.3, 0.4) is 0 Å². The van der Waals surface area contributed by atoms with E-state index in [1.165, 1.54) is 11.8 Å². The number of esters is 1. The van der Waals surface area contributed by atoms with E-state index in [9.17, 15) is 9.59 Å². The van der Waals surface area contributed by atoms with Crippen molar-refractivity contribution in [3.8, 4) is 0 Å². The van der Waals surface area contributed by atoms with Crippen LogP contribution in [0.15, 0.2) is 17.5 Å². The Hall–Kier alpha value is -1.36. The molecule has 1 aromatic heterocycles. The molecule has 1 fully saturated rings. The first-order valence-corrected chi connectivity index (χ1v) is 6.52. The van der Waals surface area contributed by atoms with Gasteiger partial charge in [-0.15, -0.1) is 11.3 Å². The maximum absolute atomic E-state index is 11.9. The fourth-order valence-corrected chi connectivity index (χ4v) is 2.96. The molecule has 2 rings (SSSR count). The minimum atomic E-state index is -0.412. The molecule has 5 heteroatoms. The van der Waals surface area contributed by atoms with Crippen molar-refractivity contribution in [2.75, 3.05) is 13.2 Å². The number of hydrogen-bond donors (Lipinski definition) is 0. The molecule has 1 aromatic rings. The summed E-state index contributed by atoms with van der Waals surface area (Å²) in [6.07, 6.45) is 2.00. The number of ether oxygens (including phenoxy) is 1. The van der Waals surface area contributed by atoms with Crippen molar-refractivity contribution in [3.63, 3.8) is 0 Å². The number of likely N-dealkylation sites (tertiary alicyclic amines) is 1. The van der Waals surface area contributed by atoms with Crippen LogP contribution in [0.4, 0.5) is 0 Å². The molecule has 4 nitrogen and oxygen atoms in total. The van der Waals surface area contributed by atoms with Crippen LogP contribution < -0.4 is 0 Å². The normalized spacial score (nSPS) is 19.4. The second kappa shape index (κ2) is 5.31. The third-order valence-corrected chi connectivity index (χ3v) is 3.82. The van der Waals surface area contributed by atoms with Crippen LogP contribution in [0.2, 0.25) is 0 Å². The monoisotopic (exact) mass is 253 g/mol. The maximum Gasteiger partial charge on any atom is 0.303 e. The van der Waals surface area contributed by atoms with Crippen LogP contribution >= 0.6 is 11.3 Å². The Morgan fingerprint density at radius 2 is 2.41 bits per heavy atom. The standard InChI is InChI=1S/C12H15NO3S/c1-9(14)16-8-12(15)13-6-2-4-10(13)11-5-3-7-17-11/h3,5,7,10H,2,4,6,8H2,1H3/t10-/m0/s1. The molecule has 0 bridgehead atoms. The lowest BCUT2D eigenvalue weighted by atomic mass is 10.2. The molecule has 0 N–H and O–H groups in total. The average Bonchev–Trinajstić information content (AvgIpc) is 2.94. The van der Waals surface area contributed by atoms with Gasteiger partial charge < -0.3 is 9.64 Å². The highest BCUT2D eigenvalue weighted by Gasteiger charge is 2.30. The molecular weight excluding hydrogens is 238 g/mol. The van der Waals surface area contributed by atoms with Gasteiger partial charge in [0, 0.05) is 18.3 Å². The smallest absolute Gasteiger partial charge is 0.303 e. The van der Waals surface area contributed by atoms with Gasteiger partial charge in [-0.25, -0.2) is 0 Å². The summed E-state index contributed by atoms with van der Waals surface area (Å²) >= 11 is 1.66. The van der Waals surface area contributed by atoms with Gasteiger partial charge in [0.05, 0.1) is 6.04 Å². The molecule has 17 heavy (non-hydrogen) atoms. The molecule has 0 radical (unpaired) electrons. The fourth-order valence-electron chi connectivity index (χ4n) is 2.09. The van der Waals surface area contributed by atoms with Gasteiger partial charge in [0.25, 0.3) is 5.91 Å². The molecule has 2 heterocycles. The summed E-state index contributed by atoms with van der Waals surface area (Å²) in [5, 5.41) is 2.02. The van der Waals surface area contributed by atoms with Gasteiger partial charge in [0.1, 0.15) is 0 Å². The molecule has 92 valence electrons. The van der Waals surface area contributed by atoms with E-state index in [0.717, 1.165) is 19.4 Å². The van der Waals surface area contributed by atoms with Crippen molar-refractivity contribution in [1.82, 2.24) is 4.90 Å². The minimum absolute atomic E-state index is 0.101. The van der Waals surface area contributed by atoms with Gasteiger partial charge in [0.2, 0.25) is 0 Å². The quantitative estimate of drug-likeness (QED) is 0.774. The largest absolute Gasteiger partial charge is 0.456 e. The number of carbonyl (C=O) groups is 2. The lowest BCUT2D eigenvalue weighted by Crippen LogP contribution is -2.33. The Balaban J connectivity index is 1.99.